The molecule has 0 fully saturated rings. The molecule has 0 saturated heterocycles. The number of halogens is 5. The van der Waals surface area contributed by atoms with E-state index in [2.05, 4.69) is 10.4 Å². The van der Waals surface area contributed by atoms with Crippen LogP contribution in [0.2, 0.25) is 0 Å². The molecule has 1 heterocycles. The third kappa shape index (κ3) is 5.48. The number of nitrogens with one attached hydrogen (secondary N) is 1. The van der Waals surface area contributed by atoms with Crippen LogP contribution in [0, 0.1) is 17.6 Å². The standard InChI is InChI=1S/C22H20F5N3O/c1-13(2)10-14-6-7-15(16(11-14)22(25,26)27)12-30-9-8-19(29-30)28-21(31)20-17(23)4-3-5-18(20)24/h3-9,11,13H,10,12H2,1-2H3,(H,28,29,31). The number of rotatable bonds is 6. The summed E-state index contributed by atoms with van der Waals surface area (Å²) in [6.07, 6.45) is -2.64. The molecular formula is C22H20F5N3O. The van der Waals surface area contributed by atoms with Crippen molar-refractivity contribution in [3.05, 3.63) is 82.5 Å². The summed E-state index contributed by atoms with van der Waals surface area (Å²) in [5.74, 6) is -2.95. The molecule has 164 valence electrons. The number of carbonyl (C=O) groups excluding carboxylic acids is 1. The lowest BCUT2D eigenvalue weighted by atomic mass is 9.97. The van der Waals surface area contributed by atoms with E-state index in [1.165, 1.54) is 23.0 Å². The Morgan fingerprint density at radius 1 is 1.10 bits per heavy atom. The smallest absolute Gasteiger partial charge is 0.305 e. The molecule has 3 aromatic rings. The van der Waals surface area contributed by atoms with E-state index in [-0.39, 0.29) is 23.8 Å². The van der Waals surface area contributed by atoms with Crippen molar-refractivity contribution < 1.29 is 26.7 Å². The Morgan fingerprint density at radius 2 is 1.77 bits per heavy atom. The molecule has 0 atom stereocenters. The fourth-order valence-corrected chi connectivity index (χ4v) is 3.21. The molecule has 0 aliphatic heterocycles. The Bertz CT molecular complexity index is 1070. The predicted octanol–water partition coefficient (Wildman–Crippen LogP) is 5.68. The van der Waals surface area contributed by atoms with Gasteiger partial charge in [0.2, 0.25) is 0 Å². The van der Waals surface area contributed by atoms with Crippen LogP contribution in [-0.2, 0) is 19.1 Å². The molecule has 1 aromatic heterocycles. The average molecular weight is 437 g/mol. The van der Waals surface area contributed by atoms with E-state index in [0.717, 1.165) is 24.3 Å². The molecule has 0 aliphatic rings. The van der Waals surface area contributed by atoms with Crippen LogP contribution in [0.5, 0.6) is 0 Å². The predicted molar refractivity (Wildman–Crippen MR) is 106 cm³/mol. The Balaban J connectivity index is 1.80. The number of alkyl halides is 3. The second kappa shape index (κ2) is 8.87. The number of benzene rings is 2. The van der Waals surface area contributed by atoms with Gasteiger partial charge in [-0.3, -0.25) is 9.48 Å². The zero-order chi connectivity index (χ0) is 22.8. The Labute approximate surface area is 175 Å². The second-order valence-electron chi connectivity index (χ2n) is 7.54. The van der Waals surface area contributed by atoms with Crippen LogP contribution in [0.1, 0.15) is 40.9 Å². The van der Waals surface area contributed by atoms with Crippen LogP contribution >= 0.6 is 0 Å². The van der Waals surface area contributed by atoms with Gasteiger partial charge in [-0.2, -0.15) is 18.3 Å². The normalized spacial score (nSPS) is 11.7. The number of hydrogen-bond acceptors (Lipinski definition) is 2. The van der Waals surface area contributed by atoms with Crippen LogP contribution < -0.4 is 5.32 Å². The zero-order valence-electron chi connectivity index (χ0n) is 16.8. The maximum absolute atomic E-state index is 13.7. The molecule has 0 aliphatic carbocycles. The molecule has 1 amide bonds. The van der Waals surface area contributed by atoms with Crippen LogP contribution in [-0.4, -0.2) is 15.7 Å². The largest absolute Gasteiger partial charge is 0.416 e. The molecule has 0 saturated carbocycles. The minimum absolute atomic E-state index is 0.0149. The highest BCUT2D eigenvalue weighted by molar-refractivity contribution is 6.04. The van der Waals surface area contributed by atoms with Crippen molar-refractivity contribution >= 4 is 11.7 Å². The van der Waals surface area contributed by atoms with Gasteiger partial charge in [0.25, 0.3) is 5.91 Å². The van der Waals surface area contributed by atoms with E-state index in [9.17, 15) is 26.7 Å². The highest BCUT2D eigenvalue weighted by Gasteiger charge is 2.33. The van der Waals surface area contributed by atoms with E-state index < -0.39 is 34.8 Å². The van der Waals surface area contributed by atoms with Gasteiger partial charge in [0.1, 0.15) is 17.2 Å². The first kappa shape index (κ1) is 22.5. The van der Waals surface area contributed by atoms with Crippen LogP contribution in [0.4, 0.5) is 27.8 Å². The number of aromatic nitrogens is 2. The van der Waals surface area contributed by atoms with E-state index in [0.29, 0.717) is 12.0 Å². The first-order valence-electron chi connectivity index (χ1n) is 9.52. The summed E-state index contributed by atoms with van der Waals surface area (Å²) < 4.78 is 69.3. The number of nitrogens with zero attached hydrogens (tertiary/aromatic N) is 2. The lowest BCUT2D eigenvalue weighted by Crippen LogP contribution is -2.17. The number of amides is 1. The van der Waals surface area contributed by atoms with Crippen molar-refractivity contribution in [2.24, 2.45) is 5.92 Å². The summed E-state index contributed by atoms with van der Waals surface area (Å²) in [5.41, 5.74) is -0.912. The quantitative estimate of drug-likeness (QED) is 0.505. The average Bonchev–Trinajstić information content (AvgIpc) is 3.08. The van der Waals surface area contributed by atoms with E-state index in [1.54, 1.807) is 6.07 Å². The Morgan fingerprint density at radius 3 is 2.39 bits per heavy atom. The monoisotopic (exact) mass is 437 g/mol. The summed E-state index contributed by atoms with van der Waals surface area (Å²) in [6, 6.07) is 8.55. The Hall–Kier alpha value is -3.23. The molecule has 0 radical (unpaired) electrons. The van der Waals surface area contributed by atoms with Crippen LogP contribution in [0.3, 0.4) is 0 Å². The Kier molecular flexibility index (Phi) is 6.42. The van der Waals surface area contributed by atoms with E-state index in [4.69, 9.17) is 0 Å². The topological polar surface area (TPSA) is 46.9 Å². The summed E-state index contributed by atoms with van der Waals surface area (Å²) in [4.78, 5) is 12.1. The molecule has 2 aromatic carbocycles. The first-order chi connectivity index (χ1) is 14.5. The van der Waals surface area contributed by atoms with Gasteiger partial charge in [0, 0.05) is 12.3 Å². The summed E-state index contributed by atoms with van der Waals surface area (Å²) in [7, 11) is 0. The van der Waals surface area contributed by atoms with Gasteiger partial charge in [-0.15, -0.1) is 0 Å². The van der Waals surface area contributed by atoms with Crippen molar-refractivity contribution in [1.29, 1.82) is 0 Å². The molecule has 4 nitrogen and oxygen atoms in total. The molecule has 31 heavy (non-hydrogen) atoms. The fourth-order valence-electron chi connectivity index (χ4n) is 3.21. The van der Waals surface area contributed by atoms with Gasteiger partial charge < -0.3 is 5.32 Å². The summed E-state index contributed by atoms with van der Waals surface area (Å²) >= 11 is 0. The highest BCUT2D eigenvalue weighted by Crippen LogP contribution is 2.33. The molecule has 9 heteroatoms. The summed E-state index contributed by atoms with van der Waals surface area (Å²) in [5, 5.41) is 6.25. The van der Waals surface area contributed by atoms with Crippen molar-refractivity contribution in [2.75, 3.05) is 5.32 Å². The van der Waals surface area contributed by atoms with Gasteiger partial charge >= 0.3 is 6.18 Å². The minimum atomic E-state index is -4.53. The lowest BCUT2D eigenvalue weighted by Gasteiger charge is -2.15. The molecule has 0 unspecified atom stereocenters. The lowest BCUT2D eigenvalue weighted by molar-refractivity contribution is -0.138. The summed E-state index contributed by atoms with van der Waals surface area (Å²) in [6.45, 7) is 3.66. The van der Waals surface area contributed by atoms with Crippen molar-refractivity contribution in [3.8, 4) is 0 Å². The van der Waals surface area contributed by atoms with Crippen LogP contribution in [0.25, 0.3) is 0 Å². The van der Waals surface area contributed by atoms with E-state index in [1.807, 2.05) is 13.8 Å². The van der Waals surface area contributed by atoms with E-state index >= 15 is 0 Å². The number of anilines is 1. The third-order valence-corrected chi connectivity index (χ3v) is 4.53. The van der Waals surface area contributed by atoms with Gasteiger partial charge in [-0.1, -0.05) is 32.0 Å². The number of carbonyl (C=O) groups is 1. The second-order valence-corrected chi connectivity index (χ2v) is 7.54. The van der Waals surface area contributed by atoms with Crippen LogP contribution in [0.15, 0.2) is 48.7 Å². The molecule has 3 rings (SSSR count). The van der Waals surface area contributed by atoms with Gasteiger partial charge in [0.15, 0.2) is 5.82 Å². The molecule has 0 bridgehead atoms. The van der Waals surface area contributed by atoms with Gasteiger partial charge in [-0.25, -0.2) is 8.78 Å². The maximum atomic E-state index is 13.7. The molecular weight excluding hydrogens is 417 g/mol. The fraction of sp³-hybridized carbons (Fsp3) is 0.273. The first-order valence-corrected chi connectivity index (χ1v) is 9.52. The van der Waals surface area contributed by atoms with Crippen molar-refractivity contribution in [2.45, 2.75) is 33.0 Å². The van der Waals surface area contributed by atoms with Crippen molar-refractivity contribution in [1.82, 2.24) is 9.78 Å². The van der Waals surface area contributed by atoms with Crippen molar-refractivity contribution in [3.63, 3.8) is 0 Å². The maximum Gasteiger partial charge on any atom is 0.416 e. The highest BCUT2D eigenvalue weighted by atomic mass is 19.4. The molecule has 0 spiro atoms. The SMILES string of the molecule is CC(C)Cc1ccc(Cn2ccc(NC(=O)c3c(F)cccc3F)n2)c(C(F)(F)F)c1. The minimum Gasteiger partial charge on any atom is -0.305 e. The van der Waals surface area contributed by atoms with Gasteiger partial charge in [-0.05, 0) is 41.7 Å². The van der Waals surface area contributed by atoms with Gasteiger partial charge in [0.05, 0.1) is 12.1 Å². The zero-order valence-corrected chi connectivity index (χ0v) is 16.8. The number of hydrogen-bond donors (Lipinski definition) is 1. The molecule has 1 N–H and O–H groups in total. The third-order valence-electron chi connectivity index (χ3n) is 4.53.